The van der Waals surface area contributed by atoms with E-state index in [0.717, 1.165) is 29.6 Å². The summed E-state index contributed by atoms with van der Waals surface area (Å²) in [6, 6.07) is 0.330. The van der Waals surface area contributed by atoms with Gasteiger partial charge in [0.25, 0.3) is 5.82 Å². The number of carbonyl (C=O) groups is 1. The van der Waals surface area contributed by atoms with Crippen molar-refractivity contribution in [2.24, 2.45) is 0 Å². The van der Waals surface area contributed by atoms with Crippen molar-refractivity contribution < 1.29 is 14.2 Å². The van der Waals surface area contributed by atoms with Crippen LogP contribution >= 0.6 is 11.8 Å². The SMILES string of the molecule is Cc1oc2[nH+]c(SCC(=O)NC3CCCCC3)nc(N)c2c1C. The summed E-state index contributed by atoms with van der Waals surface area (Å²) in [5, 5.41) is 4.52. The fourth-order valence-corrected chi connectivity index (χ4v) is 3.71. The lowest BCUT2D eigenvalue weighted by atomic mass is 9.95. The molecule has 2 aromatic heterocycles. The van der Waals surface area contributed by atoms with Gasteiger partial charge in [-0.05, 0) is 43.4 Å². The van der Waals surface area contributed by atoms with Crippen LogP contribution in [0.2, 0.25) is 0 Å². The zero-order valence-corrected chi connectivity index (χ0v) is 14.4. The molecule has 0 radical (unpaired) electrons. The van der Waals surface area contributed by atoms with Gasteiger partial charge in [0.2, 0.25) is 5.91 Å². The molecule has 1 fully saturated rings. The molecule has 0 unspecified atom stereocenters. The highest BCUT2D eigenvalue weighted by Crippen LogP contribution is 2.27. The standard InChI is InChI=1S/C16H22N4O2S/c1-9-10(2)22-15-13(9)14(17)19-16(20-15)23-8-12(21)18-11-6-4-3-5-7-11/h11H,3-8H2,1-2H3,(H,18,21)(H2,17,19,20)/p+1. The average Bonchev–Trinajstić information content (AvgIpc) is 2.81. The first kappa shape index (κ1) is 16.1. The summed E-state index contributed by atoms with van der Waals surface area (Å²) in [7, 11) is 0. The van der Waals surface area contributed by atoms with Gasteiger partial charge < -0.3 is 15.5 Å². The molecular weight excluding hydrogens is 312 g/mol. The lowest BCUT2D eigenvalue weighted by Gasteiger charge is -2.22. The smallest absolute Gasteiger partial charge is 0.362 e. The Hall–Kier alpha value is -1.76. The first-order chi connectivity index (χ1) is 11.0. The van der Waals surface area contributed by atoms with Crippen molar-refractivity contribution in [3.63, 3.8) is 0 Å². The lowest BCUT2D eigenvalue weighted by molar-refractivity contribution is -0.412. The van der Waals surface area contributed by atoms with E-state index < -0.39 is 0 Å². The van der Waals surface area contributed by atoms with Crippen LogP contribution in [0, 0.1) is 13.8 Å². The van der Waals surface area contributed by atoms with E-state index >= 15 is 0 Å². The second-order valence-corrected chi connectivity index (χ2v) is 7.07. The fraction of sp³-hybridized carbons (Fsp3) is 0.562. The van der Waals surface area contributed by atoms with Crippen LogP contribution < -0.4 is 16.0 Å². The zero-order chi connectivity index (χ0) is 16.4. The average molecular weight is 335 g/mol. The van der Waals surface area contributed by atoms with Gasteiger partial charge in [0.1, 0.15) is 11.1 Å². The maximum Gasteiger partial charge on any atom is 0.362 e. The Balaban J connectivity index is 1.63. The molecule has 4 N–H and O–H groups in total. The molecule has 2 heterocycles. The molecule has 0 spiro atoms. The van der Waals surface area contributed by atoms with Crippen molar-refractivity contribution >= 4 is 34.6 Å². The van der Waals surface area contributed by atoms with Crippen molar-refractivity contribution in [1.29, 1.82) is 0 Å². The Kier molecular flexibility index (Phi) is 4.75. The summed E-state index contributed by atoms with van der Waals surface area (Å²) in [6.07, 6.45) is 5.87. The number of fused-ring (bicyclic) bond motifs is 1. The number of aryl methyl sites for hydroxylation is 2. The first-order valence-electron chi connectivity index (χ1n) is 8.05. The molecule has 7 heteroatoms. The van der Waals surface area contributed by atoms with Crippen LogP contribution in [0.3, 0.4) is 0 Å². The molecule has 1 aliphatic rings. The van der Waals surface area contributed by atoms with E-state index in [0.29, 0.717) is 28.5 Å². The van der Waals surface area contributed by atoms with Crippen molar-refractivity contribution in [1.82, 2.24) is 10.3 Å². The van der Waals surface area contributed by atoms with Crippen molar-refractivity contribution in [2.45, 2.75) is 57.1 Å². The maximum atomic E-state index is 12.1. The number of anilines is 1. The number of nitrogens with zero attached hydrogens (tertiary/aromatic N) is 1. The fourth-order valence-electron chi connectivity index (χ4n) is 3.03. The van der Waals surface area contributed by atoms with Gasteiger partial charge >= 0.3 is 10.9 Å². The highest BCUT2D eigenvalue weighted by Gasteiger charge is 2.22. The number of H-pyrrole nitrogens is 1. The molecular formula is C16H23N4O2S+. The van der Waals surface area contributed by atoms with Crippen LogP contribution in [-0.4, -0.2) is 22.7 Å². The minimum Gasteiger partial charge on any atom is -0.427 e. The number of rotatable bonds is 4. The quantitative estimate of drug-likeness (QED) is 0.661. The van der Waals surface area contributed by atoms with Crippen LogP contribution in [0.15, 0.2) is 9.57 Å². The van der Waals surface area contributed by atoms with Crippen LogP contribution in [0.25, 0.3) is 11.1 Å². The maximum absolute atomic E-state index is 12.1. The van der Waals surface area contributed by atoms with Gasteiger partial charge in [-0.2, -0.15) is 4.98 Å². The summed E-state index contributed by atoms with van der Waals surface area (Å²) in [6.45, 7) is 3.85. The van der Waals surface area contributed by atoms with Gasteiger partial charge in [0, 0.05) is 11.6 Å². The van der Waals surface area contributed by atoms with E-state index in [1.54, 1.807) is 0 Å². The third kappa shape index (κ3) is 3.60. The van der Waals surface area contributed by atoms with Gasteiger partial charge in [-0.1, -0.05) is 19.3 Å². The molecule has 3 rings (SSSR count). The van der Waals surface area contributed by atoms with Crippen LogP contribution in [-0.2, 0) is 4.79 Å². The van der Waals surface area contributed by atoms with Crippen LogP contribution in [0.1, 0.15) is 43.4 Å². The van der Waals surface area contributed by atoms with Gasteiger partial charge in [-0.15, -0.1) is 0 Å². The Morgan fingerprint density at radius 2 is 2.13 bits per heavy atom. The molecule has 1 aliphatic carbocycles. The number of carbonyl (C=O) groups excluding carboxylic acids is 1. The van der Waals surface area contributed by atoms with E-state index in [1.807, 2.05) is 13.8 Å². The van der Waals surface area contributed by atoms with E-state index in [1.165, 1.54) is 31.0 Å². The minimum atomic E-state index is 0.0441. The molecule has 0 bridgehead atoms. The number of hydrogen-bond acceptors (Lipinski definition) is 5. The van der Waals surface area contributed by atoms with Gasteiger partial charge in [0.15, 0.2) is 0 Å². The number of nitrogens with two attached hydrogens (primary N) is 1. The van der Waals surface area contributed by atoms with Crippen molar-refractivity contribution in [3.05, 3.63) is 11.3 Å². The number of furan rings is 1. The van der Waals surface area contributed by atoms with E-state index in [9.17, 15) is 4.79 Å². The van der Waals surface area contributed by atoms with Crippen molar-refractivity contribution in [3.8, 4) is 0 Å². The zero-order valence-electron chi connectivity index (χ0n) is 13.6. The first-order valence-corrected chi connectivity index (χ1v) is 9.04. The third-order valence-electron chi connectivity index (χ3n) is 4.39. The minimum absolute atomic E-state index is 0.0441. The van der Waals surface area contributed by atoms with Gasteiger partial charge in [-0.25, -0.2) is 0 Å². The Bertz CT molecular complexity index is 722. The molecule has 23 heavy (non-hydrogen) atoms. The van der Waals surface area contributed by atoms with Gasteiger partial charge in [-0.3, -0.25) is 4.79 Å². The largest absolute Gasteiger partial charge is 0.427 e. The Morgan fingerprint density at radius 1 is 1.39 bits per heavy atom. The Morgan fingerprint density at radius 3 is 2.87 bits per heavy atom. The van der Waals surface area contributed by atoms with E-state index in [-0.39, 0.29) is 5.91 Å². The second-order valence-electron chi connectivity index (χ2n) is 6.11. The molecule has 0 atom stereocenters. The van der Waals surface area contributed by atoms with Gasteiger partial charge in [0.05, 0.1) is 5.75 Å². The highest BCUT2D eigenvalue weighted by atomic mass is 32.2. The summed E-state index contributed by atoms with van der Waals surface area (Å²) in [4.78, 5) is 19.5. The molecule has 0 aliphatic heterocycles. The lowest BCUT2D eigenvalue weighted by Crippen LogP contribution is -2.37. The monoisotopic (exact) mass is 335 g/mol. The normalized spacial score (nSPS) is 15.9. The predicted molar refractivity (Wildman–Crippen MR) is 90.2 cm³/mol. The molecule has 0 saturated heterocycles. The molecule has 0 aromatic carbocycles. The molecule has 1 amide bonds. The number of amides is 1. The van der Waals surface area contributed by atoms with Crippen molar-refractivity contribution in [2.75, 3.05) is 11.5 Å². The molecule has 2 aromatic rings. The van der Waals surface area contributed by atoms with Crippen LogP contribution in [0.5, 0.6) is 0 Å². The summed E-state index contributed by atoms with van der Waals surface area (Å²) < 4.78 is 5.66. The molecule has 1 saturated carbocycles. The van der Waals surface area contributed by atoms with E-state index in [4.69, 9.17) is 10.2 Å². The molecule has 6 nitrogen and oxygen atoms in total. The van der Waals surface area contributed by atoms with E-state index in [2.05, 4.69) is 15.3 Å². The number of aromatic nitrogens is 2. The number of aromatic amines is 1. The number of nitrogens with one attached hydrogen (secondary N) is 2. The highest BCUT2D eigenvalue weighted by molar-refractivity contribution is 7.99. The third-order valence-corrected chi connectivity index (χ3v) is 5.27. The summed E-state index contributed by atoms with van der Waals surface area (Å²) >= 11 is 1.34. The number of thioether (sulfide) groups is 1. The Labute approximate surface area is 139 Å². The second kappa shape index (κ2) is 6.78. The molecule has 124 valence electrons. The number of hydrogen-bond donors (Lipinski definition) is 2. The topological polar surface area (TPSA) is 95.3 Å². The predicted octanol–water partition coefficient (Wildman–Crippen LogP) is 2.38. The summed E-state index contributed by atoms with van der Waals surface area (Å²) in [5.41, 5.74) is 7.63. The number of nitrogen functional groups attached to an aromatic ring is 1. The summed E-state index contributed by atoms with van der Waals surface area (Å²) in [5.74, 6) is 1.62. The van der Waals surface area contributed by atoms with Crippen LogP contribution in [0.4, 0.5) is 5.82 Å².